The molecular formula is C11H20LiSi. The van der Waals surface area contributed by atoms with Crippen molar-refractivity contribution in [3.63, 3.8) is 0 Å². The molecule has 0 unspecified atom stereocenters. The molecule has 0 amide bonds. The summed E-state index contributed by atoms with van der Waals surface area (Å²) in [5.74, 6) is 0. The van der Waals surface area contributed by atoms with E-state index in [9.17, 15) is 0 Å². The summed E-state index contributed by atoms with van der Waals surface area (Å²) < 4.78 is 0. The summed E-state index contributed by atoms with van der Waals surface area (Å²) in [6, 6.07) is 4.29. The Hall–Kier alpha value is 0.294. The van der Waals surface area contributed by atoms with E-state index in [0.717, 1.165) is 5.54 Å². The summed E-state index contributed by atoms with van der Waals surface area (Å²) in [6.07, 6.45) is 9.24. The zero-order valence-corrected chi connectivity index (χ0v) is 10.5. The molecule has 69 valence electrons. The van der Waals surface area contributed by atoms with E-state index in [1.54, 1.807) is 0 Å². The number of allylic oxidation sites excluding steroid dienone is 4. The molecular weight excluding hydrogens is 167 g/mol. The number of hydrogen-bond donors (Lipinski definition) is 0. The molecule has 0 spiro atoms. The van der Waals surface area contributed by atoms with Gasteiger partial charge >= 0.3 is 0 Å². The van der Waals surface area contributed by atoms with Gasteiger partial charge in [-0.25, -0.2) is 0 Å². The summed E-state index contributed by atoms with van der Waals surface area (Å²) in [4.78, 5) is 0. The smallest absolute Gasteiger partial charge is 0.0641 e. The van der Waals surface area contributed by atoms with Crippen LogP contribution in [0.25, 0.3) is 0 Å². The van der Waals surface area contributed by atoms with Crippen molar-refractivity contribution in [2.45, 2.75) is 44.4 Å². The fourth-order valence-corrected chi connectivity index (χ4v) is 6.25. The van der Waals surface area contributed by atoms with Gasteiger partial charge in [-0.3, -0.25) is 0 Å². The Balaban J connectivity index is 0.00000144. The molecule has 1 aliphatic carbocycles. The second kappa shape index (κ2) is 5.91. The molecule has 0 fully saturated rings. The van der Waals surface area contributed by atoms with E-state index in [0.29, 0.717) is 0 Å². The fraction of sp³-hybridized carbons (Fsp3) is 0.636. The van der Waals surface area contributed by atoms with Crippen molar-refractivity contribution < 1.29 is 0 Å². The van der Waals surface area contributed by atoms with Crippen LogP contribution >= 0.6 is 0 Å². The quantitative estimate of drug-likeness (QED) is 0.590. The molecule has 0 N–H and O–H groups in total. The first-order chi connectivity index (χ1) is 5.79. The minimum Gasteiger partial charge on any atom is -0.0803 e. The van der Waals surface area contributed by atoms with E-state index in [2.05, 4.69) is 45.1 Å². The molecule has 1 radical (unpaired) electrons. The van der Waals surface area contributed by atoms with Gasteiger partial charge in [-0.05, 0) is 5.54 Å². The third kappa shape index (κ3) is 2.62. The third-order valence-corrected chi connectivity index (χ3v) is 9.59. The summed E-state index contributed by atoms with van der Waals surface area (Å²) in [5.41, 5.74) is 0.831. The summed E-state index contributed by atoms with van der Waals surface area (Å²) in [7, 11) is -0.958. The van der Waals surface area contributed by atoms with E-state index in [1.807, 2.05) is 0 Å². The van der Waals surface area contributed by atoms with Gasteiger partial charge in [-0.1, -0.05) is 63.2 Å². The van der Waals surface area contributed by atoms with Gasteiger partial charge in [0.1, 0.15) is 0 Å². The molecule has 1 aliphatic rings. The van der Waals surface area contributed by atoms with Crippen LogP contribution in [0.3, 0.4) is 0 Å². The van der Waals surface area contributed by atoms with Gasteiger partial charge in [0.25, 0.3) is 0 Å². The fourth-order valence-electron chi connectivity index (χ4n) is 2.30. The molecule has 0 aromatic heterocycles. The Bertz CT molecular complexity index is 172. The zero-order chi connectivity index (χ0) is 9.03. The van der Waals surface area contributed by atoms with Crippen LogP contribution in [-0.2, 0) is 0 Å². The van der Waals surface area contributed by atoms with Crippen LogP contribution in [0.15, 0.2) is 24.3 Å². The minimum absolute atomic E-state index is 0. The molecule has 0 heterocycles. The van der Waals surface area contributed by atoms with Crippen LogP contribution in [0.4, 0.5) is 0 Å². The van der Waals surface area contributed by atoms with E-state index >= 15 is 0 Å². The van der Waals surface area contributed by atoms with Gasteiger partial charge in [-0.15, -0.1) is 0 Å². The minimum atomic E-state index is -0.958. The average molecular weight is 187 g/mol. The van der Waals surface area contributed by atoms with Crippen molar-refractivity contribution in [2.75, 3.05) is 0 Å². The summed E-state index contributed by atoms with van der Waals surface area (Å²) >= 11 is 0. The predicted octanol–water partition coefficient (Wildman–Crippen LogP) is 3.61. The Morgan fingerprint density at radius 1 is 0.923 bits per heavy atom. The van der Waals surface area contributed by atoms with Crippen LogP contribution in [0.1, 0.15) is 20.8 Å². The van der Waals surface area contributed by atoms with Gasteiger partial charge in [0.2, 0.25) is 0 Å². The van der Waals surface area contributed by atoms with Gasteiger partial charge in [-0.2, -0.15) is 0 Å². The van der Waals surface area contributed by atoms with E-state index < -0.39 is 8.07 Å². The Labute approximate surface area is 95.7 Å². The Kier molecular flexibility index (Phi) is 6.04. The molecule has 0 saturated heterocycles. The van der Waals surface area contributed by atoms with Crippen molar-refractivity contribution in [1.29, 1.82) is 0 Å². The molecule has 13 heavy (non-hydrogen) atoms. The zero-order valence-electron chi connectivity index (χ0n) is 9.51. The molecule has 1 rings (SSSR count). The monoisotopic (exact) mass is 187 g/mol. The van der Waals surface area contributed by atoms with Crippen LogP contribution in [0.5, 0.6) is 0 Å². The molecule has 0 aromatic rings. The van der Waals surface area contributed by atoms with E-state index in [4.69, 9.17) is 0 Å². The molecule has 0 aliphatic heterocycles. The second-order valence-corrected chi connectivity index (χ2v) is 9.23. The van der Waals surface area contributed by atoms with Crippen molar-refractivity contribution in [1.82, 2.24) is 0 Å². The maximum Gasteiger partial charge on any atom is 0.0641 e. The number of hydrogen-bond acceptors (Lipinski definition) is 0. The normalized spacial score (nSPS) is 16.2. The third-order valence-electron chi connectivity index (χ3n) is 3.57. The van der Waals surface area contributed by atoms with Gasteiger partial charge in [0, 0.05) is 18.9 Å². The van der Waals surface area contributed by atoms with E-state index in [1.165, 1.54) is 18.1 Å². The maximum atomic E-state index is 2.41. The molecule has 0 nitrogen and oxygen atoms in total. The Morgan fingerprint density at radius 3 is 1.62 bits per heavy atom. The maximum absolute atomic E-state index is 2.41. The number of rotatable bonds is 4. The van der Waals surface area contributed by atoms with Crippen LogP contribution in [0, 0.1) is 0 Å². The summed E-state index contributed by atoms with van der Waals surface area (Å²) in [6.45, 7) is 7.12. The first-order valence-corrected chi connectivity index (χ1v) is 7.84. The second-order valence-electron chi connectivity index (χ2n) is 3.72. The van der Waals surface area contributed by atoms with Crippen LogP contribution in [0.2, 0.25) is 23.7 Å². The topological polar surface area (TPSA) is 0 Å². The van der Waals surface area contributed by atoms with Crippen LogP contribution in [-0.4, -0.2) is 26.9 Å². The SMILES string of the molecule is CC[Si](CC)(CC)C1C=CC=C1.[Li]. The standard InChI is InChI=1S/C11H20Si.Li/c1-4-12(5-2,6-3)11-9-7-8-10-11;/h7-11H,4-6H2,1-3H3;. The van der Waals surface area contributed by atoms with Crippen molar-refractivity contribution in [2.24, 2.45) is 0 Å². The Morgan fingerprint density at radius 2 is 1.31 bits per heavy atom. The molecule has 0 aromatic carbocycles. The first kappa shape index (κ1) is 13.3. The van der Waals surface area contributed by atoms with E-state index in [-0.39, 0.29) is 18.9 Å². The average Bonchev–Trinajstić information content (AvgIpc) is 2.62. The first-order valence-electron chi connectivity index (χ1n) is 5.14. The van der Waals surface area contributed by atoms with Crippen molar-refractivity contribution >= 4 is 26.9 Å². The predicted molar refractivity (Wildman–Crippen MR) is 65.0 cm³/mol. The van der Waals surface area contributed by atoms with Crippen molar-refractivity contribution in [3.05, 3.63) is 24.3 Å². The molecule has 0 saturated carbocycles. The van der Waals surface area contributed by atoms with Gasteiger partial charge in [0.05, 0.1) is 8.07 Å². The van der Waals surface area contributed by atoms with Crippen molar-refractivity contribution in [3.8, 4) is 0 Å². The molecule has 0 atom stereocenters. The largest absolute Gasteiger partial charge is 0.0803 e. The summed E-state index contributed by atoms with van der Waals surface area (Å²) in [5, 5.41) is 0. The van der Waals surface area contributed by atoms with Gasteiger partial charge in [0.15, 0.2) is 0 Å². The molecule has 2 heteroatoms. The van der Waals surface area contributed by atoms with Crippen LogP contribution < -0.4 is 0 Å². The molecule has 0 bridgehead atoms. The van der Waals surface area contributed by atoms with Gasteiger partial charge < -0.3 is 0 Å².